The van der Waals surface area contributed by atoms with Gasteiger partial charge in [-0.05, 0) is 6.07 Å². The molecule has 0 fully saturated rings. The molecule has 0 saturated heterocycles. The topological polar surface area (TPSA) is 151 Å². The van der Waals surface area contributed by atoms with E-state index in [9.17, 15) is 14.4 Å². The third kappa shape index (κ3) is 2.53. The fourth-order valence-corrected chi connectivity index (χ4v) is 2.88. The smallest absolute Gasteiger partial charge is 0.327 e. The van der Waals surface area contributed by atoms with Gasteiger partial charge in [0.05, 0.1) is 23.2 Å². The van der Waals surface area contributed by atoms with Crippen molar-refractivity contribution in [3.8, 4) is 0 Å². The van der Waals surface area contributed by atoms with Crippen LogP contribution in [0.2, 0.25) is 0 Å². The largest absolute Gasteiger partial charge is 0.383 e. The number of fused-ring (bicyclic) bond motifs is 2. The second kappa shape index (κ2) is 5.51. The van der Waals surface area contributed by atoms with Gasteiger partial charge in [0, 0.05) is 24.7 Å². The molecule has 0 atom stereocenters. The average molecular weight is 339 g/mol. The van der Waals surface area contributed by atoms with Crippen molar-refractivity contribution in [1.82, 2.24) is 29.8 Å². The van der Waals surface area contributed by atoms with E-state index in [-0.39, 0.29) is 22.5 Å². The van der Waals surface area contributed by atoms with Gasteiger partial charge in [0.2, 0.25) is 0 Å². The first kappa shape index (κ1) is 15.0. The molecule has 0 radical (unpaired) electrons. The van der Waals surface area contributed by atoms with Crippen LogP contribution in [0.1, 0.15) is 21.6 Å². The highest BCUT2D eigenvalue weighted by Crippen LogP contribution is 2.22. The van der Waals surface area contributed by atoms with Crippen LogP contribution < -0.4 is 17.0 Å². The zero-order chi connectivity index (χ0) is 17.6. The number of hydrogen-bond donors (Lipinski definition) is 3. The zero-order valence-corrected chi connectivity index (χ0v) is 12.9. The van der Waals surface area contributed by atoms with E-state index >= 15 is 0 Å². The first-order valence-corrected chi connectivity index (χ1v) is 7.53. The Balaban J connectivity index is 1.70. The highest BCUT2D eigenvalue weighted by molar-refractivity contribution is 5.96. The molecule has 25 heavy (non-hydrogen) atoms. The van der Waals surface area contributed by atoms with Crippen molar-refractivity contribution < 1.29 is 4.79 Å². The monoisotopic (exact) mass is 339 g/mol. The molecule has 4 N–H and O–H groups in total. The zero-order valence-electron chi connectivity index (χ0n) is 12.9. The van der Waals surface area contributed by atoms with E-state index in [1.807, 2.05) is 0 Å². The highest BCUT2D eigenvalue weighted by Gasteiger charge is 2.25. The van der Waals surface area contributed by atoms with Crippen molar-refractivity contribution in [2.75, 3.05) is 12.3 Å². The van der Waals surface area contributed by atoms with Crippen LogP contribution in [0.5, 0.6) is 0 Å². The predicted molar refractivity (Wildman–Crippen MR) is 87.9 cm³/mol. The summed E-state index contributed by atoms with van der Waals surface area (Å²) in [6.45, 7) is 0.767. The van der Waals surface area contributed by atoms with E-state index in [0.29, 0.717) is 25.3 Å². The molecule has 126 valence electrons. The van der Waals surface area contributed by atoms with Crippen molar-refractivity contribution in [3.05, 3.63) is 56.2 Å². The molecule has 1 aliphatic heterocycles. The maximum atomic E-state index is 12.8. The van der Waals surface area contributed by atoms with Gasteiger partial charge in [-0.2, -0.15) is 0 Å². The number of H-pyrrole nitrogens is 2. The lowest BCUT2D eigenvalue weighted by Gasteiger charge is -2.28. The van der Waals surface area contributed by atoms with E-state index in [0.717, 1.165) is 11.3 Å². The van der Waals surface area contributed by atoms with Crippen LogP contribution in [-0.4, -0.2) is 42.3 Å². The van der Waals surface area contributed by atoms with E-state index in [1.54, 1.807) is 4.90 Å². The summed E-state index contributed by atoms with van der Waals surface area (Å²) in [5, 5.41) is 0.144. The number of aromatic amines is 2. The minimum Gasteiger partial charge on any atom is -0.383 e. The lowest BCUT2D eigenvalue weighted by Crippen LogP contribution is -2.37. The molecule has 4 rings (SSSR count). The fourth-order valence-electron chi connectivity index (χ4n) is 2.88. The Hall–Kier alpha value is -3.56. The lowest BCUT2D eigenvalue weighted by atomic mass is 10.1. The Morgan fingerprint density at radius 3 is 2.88 bits per heavy atom. The van der Waals surface area contributed by atoms with Gasteiger partial charge in [-0.3, -0.25) is 19.6 Å². The number of amides is 1. The quantitative estimate of drug-likeness (QED) is 0.524. The molecule has 3 aromatic heterocycles. The van der Waals surface area contributed by atoms with E-state index in [1.165, 1.54) is 18.6 Å². The minimum absolute atomic E-state index is 0.131. The van der Waals surface area contributed by atoms with Crippen LogP contribution in [0.25, 0.3) is 11.0 Å². The number of carbonyl (C=O) groups is 1. The van der Waals surface area contributed by atoms with E-state index in [4.69, 9.17) is 5.73 Å². The summed E-state index contributed by atoms with van der Waals surface area (Å²) in [4.78, 5) is 54.2. The summed E-state index contributed by atoms with van der Waals surface area (Å²) in [5.74, 6) is 0.0714. The van der Waals surface area contributed by atoms with Crippen molar-refractivity contribution in [1.29, 1.82) is 0 Å². The number of hydrogen-bond acceptors (Lipinski definition) is 7. The van der Waals surface area contributed by atoms with Crippen LogP contribution in [0.15, 0.2) is 28.2 Å². The van der Waals surface area contributed by atoms with Gasteiger partial charge in [-0.15, -0.1) is 0 Å². The number of aromatic nitrogens is 5. The number of pyridine rings is 1. The van der Waals surface area contributed by atoms with Crippen LogP contribution in [0.3, 0.4) is 0 Å². The van der Waals surface area contributed by atoms with Gasteiger partial charge in [0.25, 0.3) is 11.5 Å². The standard InChI is InChI=1S/C15H13N7O3/c16-11-9-5-22(2-1-10(9)18-6-19-11)14(24)7-3-8-12(17-4-7)20-15(25)21-13(8)23/h3-4,6H,1-2,5H2,(H2,16,18,19)(H2,17,20,21,23,25). The minimum atomic E-state index is -0.646. The molecule has 0 aromatic carbocycles. The number of anilines is 1. The summed E-state index contributed by atoms with van der Waals surface area (Å²) in [5.41, 5.74) is 6.58. The maximum Gasteiger partial charge on any atom is 0.327 e. The van der Waals surface area contributed by atoms with E-state index in [2.05, 4.69) is 24.9 Å². The molecule has 10 heteroatoms. The molecule has 0 saturated carbocycles. The van der Waals surface area contributed by atoms with Gasteiger partial charge < -0.3 is 10.6 Å². The fraction of sp³-hybridized carbons (Fsp3) is 0.200. The Kier molecular flexibility index (Phi) is 3.31. The molecular weight excluding hydrogens is 326 g/mol. The highest BCUT2D eigenvalue weighted by atomic mass is 16.2. The van der Waals surface area contributed by atoms with Crippen LogP contribution in [0.4, 0.5) is 5.82 Å². The van der Waals surface area contributed by atoms with Crippen LogP contribution in [-0.2, 0) is 13.0 Å². The van der Waals surface area contributed by atoms with Gasteiger partial charge in [0.1, 0.15) is 17.8 Å². The Bertz CT molecular complexity index is 1120. The molecule has 1 aliphatic rings. The predicted octanol–water partition coefficient (Wildman–Crippen LogP) is -0.818. The van der Waals surface area contributed by atoms with Gasteiger partial charge in [0.15, 0.2) is 0 Å². The Morgan fingerprint density at radius 1 is 1.20 bits per heavy atom. The maximum absolute atomic E-state index is 12.8. The molecule has 0 bridgehead atoms. The van der Waals surface area contributed by atoms with Crippen molar-refractivity contribution in [2.24, 2.45) is 0 Å². The molecule has 0 aliphatic carbocycles. The molecular formula is C15H13N7O3. The van der Waals surface area contributed by atoms with Gasteiger partial charge >= 0.3 is 5.69 Å². The Labute approximate surface area is 139 Å². The first-order chi connectivity index (χ1) is 12.0. The second-order valence-electron chi connectivity index (χ2n) is 5.69. The molecule has 1 amide bonds. The summed E-state index contributed by atoms with van der Waals surface area (Å²) in [6.07, 6.45) is 3.31. The third-order valence-electron chi connectivity index (χ3n) is 4.16. The van der Waals surface area contributed by atoms with Crippen molar-refractivity contribution in [2.45, 2.75) is 13.0 Å². The number of nitrogens with one attached hydrogen (secondary N) is 2. The summed E-state index contributed by atoms with van der Waals surface area (Å²) >= 11 is 0. The normalized spacial score (nSPS) is 13.7. The molecule has 10 nitrogen and oxygen atoms in total. The van der Waals surface area contributed by atoms with Crippen LogP contribution in [0, 0.1) is 0 Å². The van der Waals surface area contributed by atoms with Crippen molar-refractivity contribution in [3.63, 3.8) is 0 Å². The first-order valence-electron chi connectivity index (χ1n) is 7.53. The van der Waals surface area contributed by atoms with Gasteiger partial charge in [-0.1, -0.05) is 0 Å². The SMILES string of the molecule is Nc1ncnc2c1CN(C(=O)c1cnc3[nH]c(=O)[nH]c(=O)c3c1)CC2. The summed E-state index contributed by atoms with van der Waals surface area (Å²) in [7, 11) is 0. The third-order valence-corrected chi connectivity index (χ3v) is 4.16. The van der Waals surface area contributed by atoms with Crippen molar-refractivity contribution >= 4 is 22.8 Å². The average Bonchev–Trinajstić information content (AvgIpc) is 2.61. The summed E-state index contributed by atoms with van der Waals surface area (Å²) in [6, 6.07) is 1.42. The molecule has 4 heterocycles. The number of nitrogens with zero attached hydrogens (tertiary/aromatic N) is 4. The lowest BCUT2D eigenvalue weighted by molar-refractivity contribution is 0.0733. The van der Waals surface area contributed by atoms with Crippen LogP contribution >= 0.6 is 0 Å². The number of rotatable bonds is 1. The molecule has 3 aromatic rings. The van der Waals surface area contributed by atoms with E-state index < -0.39 is 11.2 Å². The number of nitrogens with two attached hydrogens (primary N) is 1. The number of nitrogen functional groups attached to an aromatic ring is 1. The summed E-state index contributed by atoms with van der Waals surface area (Å²) < 4.78 is 0. The molecule has 0 unspecified atom stereocenters. The number of carbonyl (C=O) groups excluding carboxylic acids is 1. The molecule has 0 spiro atoms. The second-order valence-corrected chi connectivity index (χ2v) is 5.69. The Morgan fingerprint density at radius 2 is 2.04 bits per heavy atom. The van der Waals surface area contributed by atoms with Gasteiger partial charge in [-0.25, -0.2) is 19.7 Å².